The Labute approximate surface area is 177 Å². The molecule has 4 aromatic carbocycles. The van der Waals surface area contributed by atoms with Crippen molar-refractivity contribution in [3.8, 4) is 45.6 Å². The second kappa shape index (κ2) is 6.34. The summed E-state index contributed by atoms with van der Waals surface area (Å²) in [6.07, 6.45) is 0. The summed E-state index contributed by atoms with van der Waals surface area (Å²) in [6.45, 7) is 0. The summed E-state index contributed by atoms with van der Waals surface area (Å²) in [6, 6.07) is 18.9. The lowest BCUT2D eigenvalue weighted by Crippen LogP contribution is -2.29. The van der Waals surface area contributed by atoms with Gasteiger partial charge in [0.1, 0.15) is 34.5 Å². The normalized spacial score (nSPS) is 13.5. The van der Waals surface area contributed by atoms with E-state index in [2.05, 4.69) is 0 Å². The van der Waals surface area contributed by atoms with Gasteiger partial charge >= 0.3 is 0 Å². The average Bonchev–Trinajstić information content (AvgIpc) is 2.98. The molecule has 0 fully saturated rings. The van der Waals surface area contributed by atoms with Crippen molar-refractivity contribution in [1.82, 2.24) is 0 Å². The second-order valence-electron chi connectivity index (χ2n) is 7.56. The van der Waals surface area contributed by atoms with Crippen molar-refractivity contribution in [2.45, 2.75) is 5.41 Å². The summed E-state index contributed by atoms with van der Waals surface area (Å²) in [5, 5.41) is 63.5. The number of aromatic hydroxyl groups is 6. The van der Waals surface area contributed by atoms with Gasteiger partial charge in [-0.15, -0.1) is 0 Å². The molecule has 1 aliphatic rings. The lowest BCUT2D eigenvalue weighted by atomic mass is 9.66. The maximum atomic E-state index is 10.9. The van der Waals surface area contributed by atoms with Crippen molar-refractivity contribution in [2.24, 2.45) is 0 Å². The van der Waals surface area contributed by atoms with Gasteiger partial charge in [-0.2, -0.15) is 0 Å². The van der Waals surface area contributed by atoms with Crippen molar-refractivity contribution in [3.63, 3.8) is 0 Å². The SMILES string of the molecule is Oc1cc(O)c(C2(c3c(O)cc(O)cc3O)c3ccccc3-c3ccccc32)c(O)c1. The van der Waals surface area contributed by atoms with E-state index in [1.165, 1.54) is 0 Å². The molecule has 0 saturated heterocycles. The van der Waals surface area contributed by atoms with E-state index in [1.54, 1.807) is 24.3 Å². The monoisotopic (exact) mass is 414 g/mol. The van der Waals surface area contributed by atoms with E-state index in [0.29, 0.717) is 11.1 Å². The first-order valence-corrected chi connectivity index (χ1v) is 9.56. The van der Waals surface area contributed by atoms with E-state index >= 15 is 0 Å². The van der Waals surface area contributed by atoms with Gasteiger partial charge < -0.3 is 30.6 Å². The van der Waals surface area contributed by atoms with Gasteiger partial charge in [-0.25, -0.2) is 0 Å². The molecule has 0 unspecified atom stereocenters. The molecule has 0 saturated carbocycles. The number of hydrogen-bond donors (Lipinski definition) is 6. The second-order valence-corrected chi connectivity index (χ2v) is 7.56. The predicted octanol–water partition coefficient (Wildman–Crippen LogP) is 4.28. The van der Waals surface area contributed by atoms with E-state index < -0.39 is 28.4 Å². The quantitative estimate of drug-likeness (QED) is 0.256. The number of phenols is 6. The fourth-order valence-electron chi connectivity index (χ4n) is 4.86. The van der Waals surface area contributed by atoms with Gasteiger partial charge in [0.2, 0.25) is 0 Å². The zero-order valence-electron chi connectivity index (χ0n) is 16.1. The molecule has 0 atom stereocenters. The minimum absolute atomic E-state index is 0.0148. The molecule has 6 nitrogen and oxygen atoms in total. The van der Waals surface area contributed by atoms with Gasteiger partial charge in [-0.1, -0.05) is 48.5 Å². The largest absolute Gasteiger partial charge is 0.508 e. The van der Waals surface area contributed by atoms with Crippen molar-refractivity contribution in [2.75, 3.05) is 0 Å². The number of rotatable bonds is 2. The highest BCUT2D eigenvalue weighted by Crippen LogP contribution is 2.63. The summed E-state index contributed by atoms with van der Waals surface area (Å²) >= 11 is 0. The molecular weight excluding hydrogens is 396 g/mol. The molecule has 0 aliphatic heterocycles. The highest BCUT2D eigenvalue weighted by molar-refractivity contribution is 5.89. The molecule has 0 aromatic heterocycles. The molecule has 6 heteroatoms. The minimum atomic E-state index is -1.53. The zero-order chi connectivity index (χ0) is 21.9. The minimum Gasteiger partial charge on any atom is -0.508 e. The van der Waals surface area contributed by atoms with Crippen LogP contribution < -0.4 is 0 Å². The Morgan fingerprint density at radius 3 is 1.13 bits per heavy atom. The van der Waals surface area contributed by atoms with Crippen LogP contribution in [0.5, 0.6) is 34.5 Å². The van der Waals surface area contributed by atoms with Crippen LogP contribution in [-0.2, 0) is 5.41 Å². The summed E-state index contributed by atoms with van der Waals surface area (Å²) in [5.41, 5.74) is 1.22. The first-order chi connectivity index (χ1) is 14.9. The molecule has 0 amide bonds. The van der Waals surface area contributed by atoms with Crippen LogP contribution in [0, 0.1) is 0 Å². The van der Waals surface area contributed by atoms with Crippen LogP contribution in [0.3, 0.4) is 0 Å². The van der Waals surface area contributed by atoms with Gasteiger partial charge in [0, 0.05) is 24.3 Å². The van der Waals surface area contributed by atoms with Crippen LogP contribution in [0.1, 0.15) is 22.3 Å². The molecule has 0 spiro atoms. The van der Waals surface area contributed by atoms with Gasteiger partial charge in [-0.3, -0.25) is 0 Å². The molecule has 5 rings (SSSR count). The number of phenolic OH excluding ortho intramolecular Hbond substituents is 6. The van der Waals surface area contributed by atoms with Crippen molar-refractivity contribution >= 4 is 0 Å². The number of fused-ring (bicyclic) bond motifs is 3. The third-order valence-corrected chi connectivity index (χ3v) is 5.87. The number of benzene rings is 4. The Kier molecular flexibility index (Phi) is 3.82. The number of hydrogen-bond acceptors (Lipinski definition) is 6. The maximum Gasteiger partial charge on any atom is 0.127 e. The Bertz CT molecular complexity index is 1210. The van der Waals surface area contributed by atoms with E-state index in [4.69, 9.17) is 0 Å². The van der Waals surface area contributed by atoms with Crippen molar-refractivity contribution < 1.29 is 30.6 Å². The van der Waals surface area contributed by atoms with Gasteiger partial charge in [-0.05, 0) is 22.3 Å². The van der Waals surface area contributed by atoms with E-state index in [-0.39, 0.29) is 22.6 Å². The van der Waals surface area contributed by atoms with Crippen LogP contribution in [0.4, 0.5) is 0 Å². The third kappa shape index (κ3) is 2.39. The first-order valence-electron chi connectivity index (χ1n) is 9.56. The van der Waals surface area contributed by atoms with Crippen molar-refractivity contribution in [3.05, 3.63) is 95.1 Å². The Morgan fingerprint density at radius 2 is 0.774 bits per heavy atom. The van der Waals surface area contributed by atoms with Gasteiger partial charge in [0.05, 0.1) is 16.5 Å². The molecule has 0 bridgehead atoms. The first kappa shape index (κ1) is 18.7. The topological polar surface area (TPSA) is 121 Å². The summed E-state index contributed by atoms with van der Waals surface area (Å²) < 4.78 is 0. The molecular formula is C25H18O6. The molecule has 4 aromatic rings. The molecule has 1 aliphatic carbocycles. The Morgan fingerprint density at radius 1 is 0.452 bits per heavy atom. The van der Waals surface area contributed by atoms with Crippen LogP contribution in [0.15, 0.2) is 72.8 Å². The van der Waals surface area contributed by atoms with E-state index in [1.807, 2.05) is 24.3 Å². The zero-order valence-corrected chi connectivity index (χ0v) is 16.1. The lowest BCUT2D eigenvalue weighted by Gasteiger charge is -2.35. The molecule has 31 heavy (non-hydrogen) atoms. The van der Waals surface area contributed by atoms with Gasteiger partial charge in [0.25, 0.3) is 0 Å². The Balaban J connectivity index is 2.07. The predicted molar refractivity (Wildman–Crippen MR) is 114 cm³/mol. The summed E-state index contributed by atoms with van der Waals surface area (Å²) in [4.78, 5) is 0. The fourth-order valence-corrected chi connectivity index (χ4v) is 4.86. The van der Waals surface area contributed by atoms with Crippen LogP contribution in [0.25, 0.3) is 11.1 Å². The standard InChI is InChI=1S/C25H18O6/c26-13-9-19(28)23(20(29)10-13)25(24-21(30)11-14(27)12-22(24)31)17-7-3-1-5-15(17)16-6-2-4-8-18(16)25/h1-12,26-31H. The molecule has 0 heterocycles. The molecule has 6 N–H and O–H groups in total. The third-order valence-electron chi connectivity index (χ3n) is 5.87. The smallest absolute Gasteiger partial charge is 0.127 e. The lowest BCUT2D eigenvalue weighted by molar-refractivity contribution is 0.396. The van der Waals surface area contributed by atoms with Crippen LogP contribution in [0.2, 0.25) is 0 Å². The van der Waals surface area contributed by atoms with Crippen LogP contribution >= 0.6 is 0 Å². The molecule has 0 radical (unpaired) electrons. The van der Waals surface area contributed by atoms with E-state index in [0.717, 1.165) is 35.4 Å². The Hall–Kier alpha value is -4.32. The van der Waals surface area contributed by atoms with Crippen LogP contribution in [-0.4, -0.2) is 30.6 Å². The average molecular weight is 414 g/mol. The van der Waals surface area contributed by atoms with E-state index in [9.17, 15) is 30.6 Å². The molecule has 154 valence electrons. The van der Waals surface area contributed by atoms with Crippen molar-refractivity contribution in [1.29, 1.82) is 0 Å². The maximum absolute atomic E-state index is 10.9. The summed E-state index contributed by atoms with van der Waals surface area (Å²) in [7, 11) is 0. The highest BCUT2D eigenvalue weighted by Gasteiger charge is 2.51. The van der Waals surface area contributed by atoms with Gasteiger partial charge in [0.15, 0.2) is 0 Å². The summed E-state index contributed by atoms with van der Waals surface area (Å²) in [5.74, 6) is -2.36. The highest BCUT2D eigenvalue weighted by atomic mass is 16.3. The fraction of sp³-hybridized carbons (Fsp3) is 0.0400.